The first-order valence-electron chi connectivity index (χ1n) is 9.11. The summed E-state index contributed by atoms with van der Waals surface area (Å²) in [6.45, 7) is 5.00. The molecule has 0 spiro atoms. The van der Waals surface area contributed by atoms with Gasteiger partial charge in [0.2, 0.25) is 0 Å². The first-order chi connectivity index (χ1) is 13.6. The topological polar surface area (TPSA) is 84.2 Å². The average Bonchev–Trinajstić information content (AvgIpc) is 2.69. The van der Waals surface area contributed by atoms with Gasteiger partial charge in [0.15, 0.2) is 0 Å². The highest BCUT2D eigenvalue weighted by atomic mass is 16.5. The second-order valence-corrected chi connectivity index (χ2v) is 6.03. The molecular formula is C22H22N2O4. The molecule has 3 aromatic rings. The van der Waals surface area contributed by atoms with Gasteiger partial charge >= 0.3 is 0 Å². The van der Waals surface area contributed by atoms with Gasteiger partial charge in [-0.2, -0.15) is 0 Å². The van der Waals surface area contributed by atoms with Crippen molar-refractivity contribution in [1.29, 1.82) is 0 Å². The Labute approximate surface area is 161 Å². The fraction of sp³-hybridized carbons (Fsp3) is 0.182. The van der Waals surface area contributed by atoms with E-state index in [1.807, 2.05) is 62.4 Å². The first kappa shape index (κ1) is 19.2. The Hall–Kier alpha value is -3.54. The Bertz CT molecular complexity index is 1060. The maximum absolute atomic E-state index is 12.4. The van der Waals surface area contributed by atoms with E-state index in [0.29, 0.717) is 13.2 Å². The average molecular weight is 378 g/mol. The number of hydrogen-bond acceptors (Lipinski definition) is 4. The van der Waals surface area contributed by atoms with Crippen molar-refractivity contribution in [2.45, 2.75) is 13.8 Å². The number of aromatic nitrogens is 2. The van der Waals surface area contributed by atoms with Crippen LogP contribution in [0.1, 0.15) is 25.0 Å². The second kappa shape index (κ2) is 8.90. The van der Waals surface area contributed by atoms with E-state index >= 15 is 0 Å². The molecule has 0 aliphatic heterocycles. The smallest absolute Gasteiger partial charge is 0.272 e. The Balaban J connectivity index is 1.94. The summed E-state index contributed by atoms with van der Waals surface area (Å²) in [7, 11) is 0. The zero-order valence-electron chi connectivity index (χ0n) is 15.8. The van der Waals surface area contributed by atoms with Gasteiger partial charge in [0.05, 0.1) is 13.2 Å². The van der Waals surface area contributed by atoms with Gasteiger partial charge in [-0.3, -0.25) is 9.59 Å². The summed E-state index contributed by atoms with van der Waals surface area (Å²) >= 11 is 0. The molecule has 0 radical (unpaired) electrons. The molecule has 0 saturated heterocycles. The van der Waals surface area contributed by atoms with Crippen LogP contribution in [0, 0.1) is 0 Å². The SMILES string of the molecule is CCOc1ccc(/C=c2/[nH]c(=O)/c(=C\c3ccc(OCC)cc3)[nH]c2=O)cc1. The Morgan fingerprint density at radius 1 is 0.679 bits per heavy atom. The zero-order valence-corrected chi connectivity index (χ0v) is 15.8. The van der Waals surface area contributed by atoms with Gasteiger partial charge in [-0.15, -0.1) is 0 Å². The molecule has 0 aliphatic rings. The van der Waals surface area contributed by atoms with Gasteiger partial charge < -0.3 is 19.4 Å². The van der Waals surface area contributed by atoms with Gasteiger partial charge in [0.25, 0.3) is 11.1 Å². The molecule has 3 rings (SSSR count). The summed E-state index contributed by atoms with van der Waals surface area (Å²) in [5, 5.41) is 0.385. The predicted octanol–water partition coefficient (Wildman–Crippen LogP) is 1.52. The Kier molecular flexibility index (Phi) is 6.11. The van der Waals surface area contributed by atoms with E-state index in [1.54, 1.807) is 12.2 Å². The molecule has 1 aromatic heterocycles. The fourth-order valence-electron chi connectivity index (χ4n) is 2.68. The molecule has 144 valence electrons. The standard InChI is InChI=1S/C22H22N2O4/c1-3-27-17-9-5-15(6-10-17)13-19-21(25)24-20(22(26)23-19)14-16-7-11-18(12-8-16)28-4-2/h5-14H,3-4H2,1-2H3,(H,23,26)(H,24,25)/b19-13+,20-14+. The number of rotatable bonds is 6. The third kappa shape index (κ3) is 4.79. The predicted molar refractivity (Wildman–Crippen MR) is 109 cm³/mol. The van der Waals surface area contributed by atoms with Crippen LogP contribution in [0.2, 0.25) is 0 Å². The Morgan fingerprint density at radius 2 is 1.04 bits per heavy atom. The third-order valence-electron chi connectivity index (χ3n) is 3.99. The van der Waals surface area contributed by atoms with Crippen molar-refractivity contribution >= 4 is 12.2 Å². The largest absolute Gasteiger partial charge is 0.494 e. The number of aromatic amines is 2. The van der Waals surface area contributed by atoms with E-state index in [2.05, 4.69) is 9.97 Å². The van der Waals surface area contributed by atoms with Crippen LogP contribution in [0.4, 0.5) is 0 Å². The highest BCUT2D eigenvalue weighted by Crippen LogP contribution is 2.12. The number of ether oxygens (including phenoxy) is 2. The van der Waals surface area contributed by atoms with E-state index in [4.69, 9.17) is 9.47 Å². The summed E-state index contributed by atoms with van der Waals surface area (Å²) in [4.78, 5) is 30.0. The monoisotopic (exact) mass is 378 g/mol. The molecule has 28 heavy (non-hydrogen) atoms. The number of benzene rings is 2. The summed E-state index contributed by atoms with van der Waals surface area (Å²) in [6.07, 6.45) is 3.24. The van der Waals surface area contributed by atoms with Crippen molar-refractivity contribution in [2.75, 3.05) is 13.2 Å². The quantitative estimate of drug-likeness (QED) is 0.681. The van der Waals surface area contributed by atoms with Crippen molar-refractivity contribution in [3.63, 3.8) is 0 Å². The van der Waals surface area contributed by atoms with Crippen molar-refractivity contribution in [3.05, 3.63) is 91.1 Å². The van der Waals surface area contributed by atoms with Gasteiger partial charge in [-0.05, 0) is 61.4 Å². The van der Waals surface area contributed by atoms with E-state index in [1.165, 1.54) is 0 Å². The lowest BCUT2D eigenvalue weighted by Crippen LogP contribution is -2.46. The minimum Gasteiger partial charge on any atom is -0.494 e. The molecule has 2 aromatic carbocycles. The van der Waals surface area contributed by atoms with E-state index in [9.17, 15) is 9.59 Å². The van der Waals surface area contributed by atoms with Crippen molar-refractivity contribution in [2.24, 2.45) is 0 Å². The maximum Gasteiger partial charge on any atom is 0.272 e. The lowest BCUT2D eigenvalue weighted by Gasteiger charge is -2.02. The molecule has 0 bridgehead atoms. The van der Waals surface area contributed by atoms with Crippen LogP contribution < -0.4 is 31.3 Å². The molecule has 6 nitrogen and oxygen atoms in total. The van der Waals surface area contributed by atoms with Crippen LogP contribution >= 0.6 is 0 Å². The first-order valence-corrected chi connectivity index (χ1v) is 9.11. The highest BCUT2D eigenvalue weighted by Gasteiger charge is 1.99. The van der Waals surface area contributed by atoms with E-state index in [-0.39, 0.29) is 21.8 Å². The minimum atomic E-state index is -0.370. The molecule has 0 aliphatic carbocycles. The van der Waals surface area contributed by atoms with E-state index in [0.717, 1.165) is 22.6 Å². The summed E-state index contributed by atoms with van der Waals surface area (Å²) in [6, 6.07) is 14.5. The van der Waals surface area contributed by atoms with Gasteiger partial charge in [0, 0.05) is 0 Å². The molecule has 0 saturated carbocycles. The van der Waals surface area contributed by atoms with Crippen LogP contribution in [0.25, 0.3) is 12.2 Å². The van der Waals surface area contributed by atoms with E-state index < -0.39 is 0 Å². The normalized spacial score (nSPS) is 12.2. The van der Waals surface area contributed by atoms with Gasteiger partial charge in [0.1, 0.15) is 22.2 Å². The summed E-state index contributed by atoms with van der Waals surface area (Å²) < 4.78 is 10.8. The third-order valence-corrected chi connectivity index (χ3v) is 3.99. The molecule has 2 N–H and O–H groups in total. The molecule has 0 atom stereocenters. The Morgan fingerprint density at radius 3 is 1.36 bits per heavy atom. The maximum atomic E-state index is 12.4. The summed E-state index contributed by atoms with van der Waals surface area (Å²) in [5.41, 5.74) is 0.831. The molecular weight excluding hydrogens is 356 g/mol. The summed E-state index contributed by atoms with van der Waals surface area (Å²) in [5.74, 6) is 1.50. The highest BCUT2D eigenvalue weighted by molar-refractivity contribution is 5.51. The fourth-order valence-corrected chi connectivity index (χ4v) is 2.68. The molecule has 0 fully saturated rings. The molecule has 6 heteroatoms. The van der Waals surface area contributed by atoms with Crippen LogP contribution in [0.15, 0.2) is 58.1 Å². The number of nitrogens with one attached hydrogen (secondary N) is 2. The van der Waals surface area contributed by atoms with Crippen LogP contribution in [0.5, 0.6) is 11.5 Å². The lowest BCUT2D eigenvalue weighted by molar-refractivity contribution is 0.340. The molecule has 0 amide bonds. The van der Waals surface area contributed by atoms with Crippen molar-refractivity contribution in [1.82, 2.24) is 9.97 Å². The molecule has 1 heterocycles. The lowest BCUT2D eigenvalue weighted by atomic mass is 10.2. The van der Waals surface area contributed by atoms with Crippen LogP contribution in [-0.4, -0.2) is 23.2 Å². The second-order valence-electron chi connectivity index (χ2n) is 6.03. The van der Waals surface area contributed by atoms with Crippen LogP contribution in [-0.2, 0) is 0 Å². The van der Waals surface area contributed by atoms with Gasteiger partial charge in [-0.1, -0.05) is 24.3 Å². The minimum absolute atomic E-state index is 0.193. The van der Waals surface area contributed by atoms with Crippen molar-refractivity contribution < 1.29 is 9.47 Å². The van der Waals surface area contributed by atoms with Crippen molar-refractivity contribution in [3.8, 4) is 11.5 Å². The number of H-pyrrole nitrogens is 2. The van der Waals surface area contributed by atoms with Crippen LogP contribution in [0.3, 0.4) is 0 Å². The zero-order chi connectivity index (χ0) is 19.9. The van der Waals surface area contributed by atoms with Gasteiger partial charge in [-0.25, -0.2) is 0 Å². The number of hydrogen-bond donors (Lipinski definition) is 2. The molecule has 0 unspecified atom stereocenters.